The zero-order valence-corrected chi connectivity index (χ0v) is 15.8. The van der Waals surface area contributed by atoms with E-state index in [0.717, 1.165) is 11.3 Å². The maximum absolute atomic E-state index is 14.4. The van der Waals surface area contributed by atoms with Gasteiger partial charge in [-0.1, -0.05) is 25.1 Å². The Labute approximate surface area is 161 Å². The number of hydrogen-bond donors (Lipinski definition) is 1. The second-order valence-corrected chi connectivity index (χ2v) is 6.61. The van der Waals surface area contributed by atoms with Crippen molar-refractivity contribution in [1.29, 1.82) is 0 Å². The van der Waals surface area contributed by atoms with Crippen LogP contribution in [0.2, 0.25) is 0 Å². The van der Waals surface area contributed by atoms with Gasteiger partial charge in [-0.05, 0) is 48.4 Å². The van der Waals surface area contributed by atoms with Crippen molar-refractivity contribution in [3.8, 4) is 17.0 Å². The van der Waals surface area contributed by atoms with Crippen molar-refractivity contribution >= 4 is 17.0 Å². The molecule has 4 nitrogen and oxygen atoms in total. The molecule has 0 spiro atoms. The van der Waals surface area contributed by atoms with Crippen molar-refractivity contribution in [3.63, 3.8) is 0 Å². The molecule has 0 atom stereocenters. The fraction of sp³-hybridized carbons (Fsp3) is 0.143. The summed E-state index contributed by atoms with van der Waals surface area (Å²) in [7, 11) is 0. The highest BCUT2D eigenvalue weighted by Gasteiger charge is 2.13. The minimum atomic E-state index is -0.308. The van der Waals surface area contributed by atoms with Gasteiger partial charge >= 0.3 is 0 Å². The highest BCUT2D eigenvalue weighted by Crippen LogP contribution is 2.23. The van der Waals surface area contributed by atoms with E-state index in [0.29, 0.717) is 29.0 Å². The van der Waals surface area contributed by atoms with E-state index in [9.17, 15) is 9.50 Å². The van der Waals surface area contributed by atoms with Crippen molar-refractivity contribution in [3.05, 3.63) is 82.7 Å². The van der Waals surface area contributed by atoms with Crippen LogP contribution in [-0.4, -0.2) is 22.0 Å². The molecular formula is C21H20FN3OS. The fourth-order valence-corrected chi connectivity index (χ4v) is 3.44. The molecule has 2 aromatic carbocycles. The van der Waals surface area contributed by atoms with E-state index in [-0.39, 0.29) is 11.6 Å². The van der Waals surface area contributed by atoms with Crippen LogP contribution in [0.15, 0.2) is 76.7 Å². The number of thiazole rings is 1. The smallest absolute Gasteiger partial charge is 0.206 e. The lowest BCUT2D eigenvalue weighted by Crippen LogP contribution is -2.15. The Morgan fingerprint density at radius 1 is 1.22 bits per heavy atom. The molecule has 27 heavy (non-hydrogen) atoms. The van der Waals surface area contributed by atoms with Crippen molar-refractivity contribution in [2.75, 3.05) is 6.54 Å². The summed E-state index contributed by atoms with van der Waals surface area (Å²) in [4.78, 5) is 5.15. The van der Waals surface area contributed by atoms with Gasteiger partial charge in [-0.2, -0.15) is 5.10 Å². The van der Waals surface area contributed by atoms with Crippen molar-refractivity contribution in [2.45, 2.75) is 13.3 Å². The summed E-state index contributed by atoms with van der Waals surface area (Å²) in [6.07, 6.45) is 2.38. The molecule has 0 saturated heterocycles. The summed E-state index contributed by atoms with van der Waals surface area (Å²) < 4.78 is 16.1. The Bertz CT molecular complexity index is 1030. The van der Waals surface area contributed by atoms with E-state index in [1.54, 1.807) is 41.1 Å². The molecule has 0 aliphatic rings. The molecule has 1 heterocycles. The second kappa shape index (κ2) is 8.60. The van der Waals surface area contributed by atoms with Crippen LogP contribution in [0.3, 0.4) is 0 Å². The number of aromatic nitrogens is 1. The Kier molecular flexibility index (Phi) is 5.98. The van der Waals surface area contributed by atoms with Gasteiger partial charge in [-0.3, -0.25) is 4.99 Å². The van der Waals surface area contributed by atoms with Gasteiger partial charge < -0.3 is 5.11 Å². The van der Waals surface area contributed by atoms with Gasteiger partial charge in [-0.15, -0.1) is 17.9 Å². The molecule has 3 rings (SSSR count). The number of rotatable bonds is 6. The molecule has 0 amide bonds. The van der Waals surface area contributed by atoms with Gasteiger partial charge in [0.05, 0.1) is 18.0 Å². The molecule has 1 N–H and O–H groups in total. The first-order chi connectivity index (χ1) is 13.1. The Balaban J connectivity index is 2.19. The molecule has 6 heteroatoms. The van der Waals surface area contributed by atoms with Gasteiger partial charge in [0.15, 0.2) is 0 Å². The van der Waals surface area contributed by atoms with Gasteiger partial charge in [0, 0.05) is 10.9 Å². The summed E-state index contributed by atoms with van der Waals surface area (Å²) in [5.74, 6) is -0.108. The number of hydrogen-bond acceptors (Lipinski definition) is 4. The molecule has 0 radical (unpaired) electrons. The van der Waals surface area contributed by atoms with Crippen LogP contribution in [0.5, 0.6) is 5.75 Å². The first-order valence-corrected chi connectivity index (χ1v) is 9.46. The first-order valence-electron chi connectivity index (χ1n) is 8.58. The number of halogens is 1. The van der Waals surface area contributed by atoms with E-state index in [4.69, 9.17) is 5.10 Å². The topological polar surface area (TPSA) is 49.9 Å². The molecular weight excluding hydrogens is 361 g/mol. The standard InChI is InChI=1S/C21H20FN3OS/c1-3-13-23-21-25(20(14-27-21)17-7-5-6-8-18(17)22)24-19(4-2)15-9-11-16(26)12-10-15/h3,5-12,14,26H,1,4,13H2,2H3. The van der Waals surface area contributed by atoms with Gasteiger partial charge in [0.2, 0.25) is 4.80 Å². The van der Waals surface area contributed by atoms with E-state index in [2.05, 4.69) is 11.6 Å². The van der Waals surface area contributed by atoms with Gasteiger partial charge in [0.25, 0.3) is 0 Å². The molecule has 0 unspecified atom stereocenters. The van der Waals surface area contributed by atoms with Crippen LogP contribution < -0.4 is 4.80 Å². The highest BCUT2D eigenvalue weighted by atomic mass is 32.1. The third kappa shape index (κ3) is 4.23. The number of phenolic OH excluding ortho intramolecular Hbond substituents is 1. The maximum Gasteiger partial charge on any atom is 0.206 e. The number of phenols is 1. The highest BCUT2D eigenvalue weighted by molar-refractivity contribution is 7.07. The lowest BCUT2D eigenvalue weighted by molar-refractivity contribution is 0.475. The SMILES string of the molecule is C=CCN=c1scc(-c2ccccc2F)n1N=C(CC)c1ccc(O)cc1. The third-order valence-electron chi connectivity index (χ3n) is 3.95. The molecule has 0 fully saturated rings. The molecule has 3 aromatic rings. The van der Waals surface area contributed by atoms with Crippen molar-refractivity contribution in [1.82, 2.24) is 4.68 Å². The zero-order chi connectivity index (χ0) is 19.2. The third-order valence-corrected chi connectivity index (χ3v) is 4.80. The van der Waals surface area contributed by atoms with Crippen LogP contribution in [0, 0.1) is 5.82 Å². The van der Waals surface area contributed by atoms with Crippen LogP contribution in [-0.2, 0) is 0 Å². The zero-order valence-electron chi connectivity index (χ0n) is 15.0. The number of aromatic hydroxyl groups is 1. The predicted molar refractivity (Wildman–Crippen MR) is 109 cm³/mol. The number of benzene rings is 2. The van der Waals surface area contributed by atoms with Crippen LogP contribution in [0.25, 0.3) is 11.3 Å². The average Bonchev–Trinajstić information content (AvgIpc) is 3.08. The van der Waals surface area contributed by atoms with Crippen molar-refractivity contribution in [2.24, 2.45) is 10.1 Å². The van der Waals surface area contributed by atoms with E-state index in [1.807, 2.05) is 24.4 Å². The monoisotopic (exact) mass is 381 g/mol. The Hall–Kier alpha value is -2.99. The van der Waals surface area contributed by atoms with Crippen molar-refractivity contribution < 1.29 is 9.50 Å². The lowest BCUT2D eigenvalue weighted by atomic mass is 10.1. The fourth-order valence-electron chi connectivity index (χ4n) is 2.61. The summed E-state index contributed by atoms with van der Waals surface area (Å²) in [6, 6.07) is 13.5. The molecule has 0 saturated carbocycles. The molecule has 0 bridgehead atoms. The summed E-state index contributed by atoms with van der Waals surface area (Å²) in [6.45, 7) is 6.15. The largest absolute Gasteiger partial charge is 0.508 e. The van der Waals surface area contributed by atoms with Crippen LogP contribution in [0.1, 0.15) is 18.9 Å². The van der Waals surface area contributed by atoms with E-state index < -0.39 is 0 Å². The maximum atomic E-state index is 14.4. The van der Waals surface area contributed by atoms with Gasteiger partial charge in [0.1, 0.15) is 11.6 Å². The lowest BCUT2D eigenvalue weighted by Gasteiger charge is -2.09. The van der Waals surface area contributed by atoms with Crippen LogP contribution in [0.4, 0.5) is 4.39 Å². The molecule has 1 aromatic heterocycles. The summed E-state index contributed by atoms with van der Waals surface area (Å²) >= 11 is 1.40. The van der Waals surface area contributed by atoms with E-state index in [1.165, 1.54) is 17.4 Å². The first kappa shape index (κ1) is 18.8. The van der Waals surface area contributed by atoms with Gasteiger partial charge in [-0.25, -0.2) is 9.07 Å². The Morgan fingerprint density at radius 2 is 1.96 bits per heavy atom. The second-order valence-electron chi connectivity index (χ2n) is 5.77. The predicted octanol–water partition coefficient (Wildman–Crippen LogP) is 4.81. The minimum absolute atomic E-state index is 0.200. The Morgan fingerprint density at radius 3 is 2.63 bits per heavy atom. The minimum Gasteiger partial charge on any atom is -0.508 e. The molecule has 138 valence electrons. The van der Waals surface area contributed by atoms with Crippen LogP contribution >= 0.6 is 11.3 Å². The quantitative estimate of drug-likeness (QED) is 0.483. The number of nitrogens with zero attached hydrogens (tertiary/aromatic N) is 3. The molecule has 0 aliphatic heterocycles. The average molecular weight is 381 g/mol. The summed E-state index contributed by atoms with van der Waals surface area (Å²) in [5, 5.41) is 16.2. The molecule has 0 aliphatic carbocycles. The summed E-state index contributed by atoms with van der Waals surface area (Å²) in [5.41, 5.74) is 2.82. The van der Waals surface area contributed by atoms with E-state index >= 15 is 0 Å². The normalized spacial score (nSPS) is 12.4.